The largest absolute Gasteiger partial charge is 0.492 e. The Morgan fingerprint density at radius 3 is 2.05 bits per heavy atom. The van der Waals surface area contributed by atoms with Gasteiger partial charge in [-0.2, -0.15) is 0 Å². The van der Waals surface area contributed by atoms with Crippen LogP contribution in [0, 0.1) is 0 Å². The average molecular weight is 598 g/mol. The van der Waals surface area contributed by atoms with Crippen molar-refractivity contribution in [2.24, 2.45) is 0 Å². The molecule has 0 aliphatic rings. The molecule has 40 heavy (non-hydrogen) atoms. The lowest BCUT2D eigenvalue weighted by Crippen LogP contribution is -2.08. The molecular formula is C30H23N5OS4. The van der Waals surface area contributed by atoms with Gasteiger partial charge in [0, 0.05) is 29.3 Å². The number of fused-ring (bicyclic) bond motifs is 1. The van der Waals surface area contributed by atoms with Gasteiger partial charge in [-0.1, -0.05) is 24.3 Å². The van der Waals surface area contributed by atoms with Gasteiger partial charge < -0.3 is 15.0 Å². The van der Waals surface area contributed by atoms with Crippen LogP contribution in [-0.2, 0) is 6.54 Å². The van der Waals surface area contributed by atoms with Gasteiger partial charge in [0.2, 0.25) is 0 Å². The molecule has 0 aliphatic carbocycles. The highest BCUT2D eigenvalue weighted by Gasteiger charge is 2.22. The van der Waals surface area contributed by atoms with Gasteiger partial charge in [-0.3, -0.25) is 0 Å². The van der Waals surface area contributed by atoms with E-state index in [0.29, 0.717) is 30.1 Å². The maximum Gasteiger partial charge on any atom is 0.165 e. The Morgan fingerprint density at radius 2 is 1.43 bits per heavy atom. The molecule has 0 saturated carbocycles. The average Bonchev–Trinajstić information content (AvgIpc) is 3.79. The molecule has 0 fully saturated rings. The van der Waals surface area contributed by atoms with E-state index < -0.39 is 0 Å². The van der Waals surface area contributed by atoms with E-state index in [1.54, 1.807) is 29.0 Å². The first-order valence-corrected chi connectivity index (χ1v) is 16.0. The van der Waals surface area contributed by atoms with Crippen molar-refractivity contribution in [2.75, 3.05) is 12.3 Å². The summed E-state index contributed by atoms with van der Waals surface area (Å²) >= 11 is 7.32. The van der Waals surface area contributed by atoms with Crippen LogP contribution >= 0.6 is 45.3 Å². The SMILES string of the molecule is Nc1ncnc2c1ncn2CCOc1ccc(C(c2ccc(-c3cccs3)s2)c2ccc(-c3cccs3)s2)cc1. The number of rotatable bonds is 9. The number of thiophene rings is 4. The Labute approximate surface area is 247 Å². The second-order valence-corrected chi connectivity index (χ2v) is 13.2. The second-order valence-electron chi connectivity index (χ2n) is 9.08. The molecule has 0 spiro atoms. The van der Waals surface area contributed by atoms with Crippen LogP contribution in [0.3, 0.4) is 0 Å². The molecule has 0 unspecified atom stereocenters. The van der Waals surface area contributed by atoms with Gasteiger partial charge in [0.05, 0.1) is 18.8 Å². The molecule has 7 rings (SSSR count). The summed E-state index contributed by atoms with van der Waals surface area (Å²) in [6, 6.07) is 26.2. The molecule has 1 aromatic carbocycles. The van der Waals surface area contributed by atoms with Gasteiger partial charge in [0.25, 0.3) is 0 Å². The molecule has 7 aromatic rings. The maximum atomic E-state index is 6.10. The van der Waals surface area contributed by atoms with Crippen LogP contribution in [0.4, 0.5) is 5.82 Å². The van der Waals surface area contributed by atoms with Gasteiger partial charge in [0.1, 0.15) is 24.2 Å². The van der Waals surface area contributed by atoms with Crippen LogP contribution in [-0.4, -0.2) is 26.1 Å². The summed E-state index contributed by atoms with van der Waals surface area (Å²) < 4.78 is 8.03. The minimum atomic E-state index is 0.161. The Balaban J connectivity index is 1.13. The molecule has 0 amide bonds. The molecule has 6 nitrogen and oxygen atoms in total. The van der Waals surface area contributed by atoms with Crippen LogP contribution in [0.2, 0.25) is 0 Å². The van der Waals surface area contributed by atoms with Gasteiger partial charge in [-0.25, -0.2) is 15.0 Å². The summed E-state index contributed by atoms with van der Waals surface area (Å²) in [7, 11) is 0. The van der Waals surface area contributed by atoms with Crippen molar-refractivity contribution in [1.29, 1.82) is 0 Å². The number of nitrogens with zero attached hydrogens (tertiary/aromatic N) is 4. The number of hydrogen-bond acceptors (Lipinski definition) is 9. The lowest BCUT2D eigenvalue weighted by Gasteiger charge is -2.16. The summed E-state index contributed by atoms with van der Waals surface area (Å²) in [5, 5.41) is 4.27. The van der Waals surface area contributed by atoms with Crippen molar-refractivity contribution in [2.45, 2.75) is 12.5 Å². The van der Waals surface area contributed by atoms with Crippen LogP contribution in [0.15, 0.2) is 96.2 Å². The van der Waals surface area contributed by atoms with Gasteiger partial charge in [-0.15, -0.1) is 45.3 Å². The highest BCUT2D eigenvalue weighted by Crippen LogP contribution is 2.44. The highest BCUT2D eigenvalue weighted by molar-refractivity contribution is 7.22. The normalized spacial score (nSPS) is 11.5. The molecule has 6 heterocycles. The number of hydrogen-bond donors (Lipinski definition) is 1. The Bertz CT molecular complexity index is 1780. The molecule has 198 valence electrons. The third kappa shape index (κ3) is 4.95. The van der Waals surface area contributed by atoms with Gasteiger partial charge in [-0.05, 0) is 64.9 Å². The molecule has 2 N–H and O–H groups in total. The molecule has 6 aromatic heterocycles. The van der Waals surface area contributed by atoms with Crippen molar-refractivity contribution in [1.82, 2.24) is 19.5 Å². The molecule has 0 atom stereocenters. The van der Waals surface area contributed by atoms with Crippen molar-refractivity contribution in [3.8, 4) is 25.3 Å². The standard InChI is InChI=1S/C30H23N5OS4/c31-29-28-30(33-17-32-29)35(18-34-28)13-14-36-20-7-5-19(6-8-20)27(25-11-9-23(39-25)21-3-1-15-37-21)26-12-10-24(40-26)22-4-2-16-38-22/h1-12,15-18,27H,13-14H2,(H2,31,32,33). The number of imidazole rings is 1. The van der Waals surface area contributed by atoms with Crippen LogP contribution in [0.1, 0.15) is 21.2 Å². The Morgan fingerprint density at radius 1 is 0.750 bits per heavy atom. The van der Waals surface area contributed by atoms with Crippen molar-refractivity contribution in [3.63, 3.8) is 0 Å². The fourth-order valence-corrected chi connectivity index (χ4v) is 8.72. The van der Waals surface area contributed by atoms with E-state index in [-0.39, 0.29) is 5.92 Å². The highest BCUT2D eigenvalue weighted by atomic mass is 32.1. The number of ether oxygens (including phenoxy) is 1. The fraction of sp³-hybridized carbons (Fsp3) is 0.100. The number of aromatic nitrogens is 4. The predicted octanol–water partition coefficient (Wildman–Crippen LogP) is 8.25. The monoisotopic (exact) mass is 597 g/mol. The quantitative estimate of drug-likeness (QED) is 0.181. The summed E-state index contributed by atoms with van der Waals surface area (Å²) in [5.74, 6) is 1.38. The van der Waals surface area contributed by atoms with Crippen molar-refractivity contribution >= 4 is 62.3 Å². The van der Waals surface area contributed by atoms with Gasteiger partial charge >= 0.3 is 0 Å². The van der Waals surface area contributed by atoms with Crippen molar-refractivity contribution < 1.29 is 4.74 Å². The molecule has 0 saturated heterocycles. The minimum absolute atomic E-state index is 0.161. The molecule has 0 aliphatic heterocycles. The molecular weight excluding hydrogens is 575 g/mol. The summed E-state index contributed by atoms with van der Waals surface area (Å²) in [5.41, 5.74) is 8.49. The van der Waals surface area contributed by atoms with E-state index in [2.05, 4.69) is 98.5 Å². The maximum absolute atomic E-state index is 6.10. The Hall–Kier alpha value is -3.83. The van der Waals surface area contributed by atoms with E-state index in [4.69, 9.17) is 10.5 Å². The van der Waals surface area contributed by atoms with Crippen molar-refractivity contribution in [3.05, 3.63) is 112 Å². The van der Waals surface area contributed by atoms with E-state index in [1.807, 2.05) is 27.2 Å². The fourth-order valence-electron chi connectivity index (χ4n) is 4.67. The van der Waals surface area contributed by atoms with Crippen LogP contribution in [0.5, 0.6) is 5.75 Å². The van der Waals surface area contributed by atoms with E-state index >= 15 is 0 Å². The number of nitrogens with two attached hydrogens (primary N) is 1. The topological polar surface area (TPSA) is 78.9 Å². The second kappa shape index (κ2) is 11.0. The molecule has 10 heteroatoms. The van der Waals surface area contributed by atoms with Gasteiger partial charge in [0.15, 0.2) is 11.5 Å². The van der Waals surface area contributed by atoms with Crippen LogP contribution in [0.25, 0.3) is 30.7 Å². The first-order chi connectivity index (χ1) is 19.7. The van der Waals surface area contributed by atoms with E-state index in [1.165, 1.54) is 41.2 Å². The van der Waals surface area contributed by atoms with E-state index in [0.717, 1.165) is 5.75 Å². The zero-order valence-electron chi connectivity index (χ0n) is 21.1. The smallest absolute Gasteiger partial charge is 0.165 e. The lowest BCUT2D eigenvalue weighted by atomic mass is 9.95. The number of anilines is 1. The first kappa shape index (κ1) is 25.2. The first-order valence-electron chi connectivity index (χ1n) is 12.6. The summed E-state index contributed by atoms with van der Waals surface area (Å²) in [6.07, 6.45) is 3.18. The third-order valence-corrected chi connectivity index (χ3v) is 11.0. The zero-order chi connectivity index (χ0) is 26.9. The number of nitrogen functional groups attached to an aromatic ring is 1. The summed E-state index contributed by atoms with van der Waals surface area (Å²) in [4.78, 5) is 20.6. The molecule has 0 radical (unpaired) electrons. The Kier molecular flexibility index (Phi) is 6.90. The zero-order valence-corrected chi connectivity index (χ0v) is 24.4. The number of benzene rings is 1. The summed E-state index contributed by atoms with van der Waals surface area (Å²) in [6.45, 7) is 1.10. The third-order valence-electron chi connectivity index (χ3n) is 6.59. The van der Waals surface area contributed by atoms with Crippen LogP contribution < -0.4 is 10.5 Å². The predicted molar refractivity (Wildman–Crippen MR) is 168 cm³/mol. The lowest BCUT2D eigenvalue weighted by molar-refractivity contribution is 0.299. The molecule has 0 bridgehead atoms. The minimum Gasteiger partial charge on any atom is -0.492 e. The van der Waals surface area contributed by atoms with E-state index in [9.17, 15) is 0 Å².